The van der Waals surface area contributed by atoms with Gasteiger partial charge in [0.1, 0.15) is 6.29 Å². The highest BCUT2D eigenvalue weighted by Crippen LogP contribution is 2.11. The molecule has 1 rings (SSSR count). The van der Waals surface area contributed by atoms with Crippen LogP contribution in [0.15, 0.2) is 30.3 Å². The topological polar surface area (TPSA) is 26.3 Å². The zero-order chi connectivity index (χ0) is 10.4. The normalized spacial score (nSPS) is 14.7. The van der Waals surface area contributed by atoms with Crippen LogP contribution in [0.5, 0.6) is 0 Å². The van der Waals surface area contributed by atoms with Crippen LogP contribution in [0.25, 0.3) is 0 Å². The van der Waals surface area contributed by atoms with Crippen molar-refractivity contribution in [3.8, 4) is 0 Å². The standard InChI is InChI=1S/C12H16O2/c1-10(9-13)12(14-2)8-11-6-4-3-5-7-11/h3-7,9-10,12H,8H2,1-2H3/t10-,12-/m0/s1. The number of methoxy groups -OCH3 is 1. The molecule has 0 heterocycles. The van der Waals surface area contributed by atoms with Crippen molar-refractivity contribution >= 4 is 6.29 Å². The summed E-state index contributed by atoms with van der Waals surface area (Å²) in [5, 5.41) is 0. The number of carbonyl (C=O) groups is 1. The molecular formula is C12H16O2. The molecule has 0 aliphatic heterocycles. The van der Waals surface area contributed by atoms with Crippen molar-refractivity contribution in [3.63, 3.8) is 0 Å². The van der Waals surface area contributed by atoms with Crippen molar-refractivity contribution in [1.82, 2.24) is 0 Å². The van der Waals surface area contributed by atoms with Crippen LogP contribution >= 0.6 is 0 Å². The van der Waals surface area contributed by atoms with E-state index in [1.54, 1.807) is 7.11 Å². The molecule has 0 amide bonds. The molecule has 0 N–H and O–H groups in total. The molecule has 0 aliphatic carbocycles. The summed E-state index contributed by atoms with van der Waals surface area (Å²) in [5.74, 6) is -0.0554. The van der Waals surface area contributed by atoms with Crippen LogP contribution in [0.4, 0.5) is 0 Å². The van der Waals surface area contributed by atoms with Crippen molar-refractivity contribution in [3.05, 3.63) is 35.9 Å². The third kappa shape index (κ3) is 2.96. The average Bonchev–Trinajstić information content (AvgIpc) is 2.26. The van der Waals surface area contributed by atoms with Gasteiger partial charge in [-0.3, -0.25) is 0 Å². The molecule has 0 bridgehead atoms. The highest BCUT2D eigenvalue weighted by Gasteiger charge is 2.15. The summed E-state index contributed by atoms with van der Waals surface area (Å²) >= 11 is 0. The largest absolute Gasteiger partial charge is 0.380 e. The molecule has 0 unspecified atom stereocenters. The van der Waals surface area contributed by atoms with Gasteiger partial charge in [-0.2, -0.15) is 0 Å². The third-order valence-corrected chi connectivity index (χ3v) is 2.38. The number of rotatable bonds is 5. The molecule has 14 heavy (non-hydrogen) atoms. The van der Waals surface area contributed by atoms with E-state index in [2.05, 4.69) is 0 Å². The van der Waals surface area contributed by atoms with Crippen molar-refractivity contribution < 1.29 is 9.53 Å². The first kappa shape index (κ1) is 10.9. The summed E-state index contributed by atoms with van der Waals surface area (Å²) in [4.78, 5) is 10.6. The van der Waals surface area contributed by atoms with E-state index in [0.717, 1.165) is 12.7 Å². The molecule has 0 aromatic heterocycles. The summed E-state index contributed by atoms with van der Waals surface area (Å²) in [6, 6.07) is 10.1. The number of hydrogen-bond donors (Lipinski definition) is 0. The molecule has 0 saturated carbocycles. The molecule has 2 atom stereocenters. The molecule has 2 nitrogen and oxygen atoms in total. The van der Waals surface area contributed by atoms with Crippen LogP contribution in [0.2, 0.25) is 0 Å². The first-order valence-electron chi connectivity index (χ1n) is 4.80. The Morgan fingerprint density at radius 1 is 1.36 bits per heavy atom. The Morgan fingerprint density at radius 2 is 2.00 bits per heavy atom. The van der Waals surface area contributed by atoms with Gasteiger partial charge >= 0.3 is 0 Å². The van der Waals surface area contributed by atoms with Crippen LogP contribution in [0.1, 0.15) is 12.5 Å². The fraction of sp³-hybridized carbons (Fsp3) is 0.417. The maximum atomic E-state index is 10.6. The van der Waals surface area contributed by atoms with Gasteiger partial charge in [-0.25, -0.2) is 0 Å². The summed E-state index contributed by atoms with van der Waals surface area (Å²) in [6.07, 6.45) is 1.71. The smallest absolute Gasteiger partial charge is 0.125 e. The van der Waals surface area contributed by atoms with Crippen LogP contribution in [-0.4, -0.2) is 19.5 Å². The van der Waals surface area contributed by atoms with Gasteiger partial charge in [0, 0.05) is 13.0 Å². The molecule has 0 spiro atoms. The van der Waals surface area contributed by atoms with Gasteiger partial charge in [-0.05, 0) is 12.0 Å². The van der Waals surface area contributed by atoms with E-state index in [0.29, 0.717) is 0 Å². The SMILES string of the molecule is CO[C@@H](Cc1ccccc1)[C@@H](C)C=O. The monoisotopic (exact) mass is 192 g/mol. The van der Waals surface area contributed by atoms with E-state index in [4.69, 9.17) is 4.74 Å². The first-order valence-corrected chi connectivity index (χ1v) is 4.80. The lowest BCUT2D eigenvalue weighted by Crippen LogP contribution is -2.24. The highest BCUT2D eigenvalue weighted by atomic mass is 16.5. The molecule has 76 valence electrons. The predicted molar refractivity (Wildman–Crippen MR) is 56.2 cm³/mol. The van der Waals surface area contributed by atoms with Gasteiger partial charge in [-0.1, -0.05) is 37.3 Å². The van der Waals surface area contributed by atoms with E-state index in [1.807, 2.05) is 37.3 Å². The van der Waals surface area contributed by atoms with Crippen LogP contribution in [-0.2, 0) is 16.0 Å². The Bertz CT molecular complexity index is 269. The van der Waals surface area contributed by atoms with E-state index in [-0.39, 0.29) is 12.0 Å². The zero-order valence-electron chi connectivity index (χ0n) is 8.64. The Balaban J connectivity index is 2.61. The third-order valence-electron chi connectivity index (χ3n) is 2.38. The maximum absolute atomic E-state index is 10.6. The molecule has 2 heteroatoms. The minimum atomic E-state index is -0.0554. The Labute approximate surface area is 84.9 Å². The van der Waals surface area contributed by atoms with Crippen LogP contribution < -0.4 is 0 Å². The number of benzene rings is 1. The van der Waals surface area contributed by atoms with Crippen molar-refractivity contribution in [2.24, 2.45) is 5.92 Å². The quantitative estimate of drug-likeness (QED) is 0.668. The Morgan fingerprint density at radius 3 is 2.50 bits per heavy atom. The van der Waals surface area contributed by atoms with Gasteiger partial charge < -0.3 is 9.53 Å². The minimum absolute atomic E-state index is 0.0186. The van der Waals surface area contributed by atoms with Crippen molar-refractivity contribution in [2.75, 3.05) is 7.11 Å². The van der Waals surface area contributed by atoms with Gasteiger partial charge in [0.15, 0.2) is 0 Å². The Kier molecular flexibility index (Phi) is 4.33. The van der Waals surface area contributed by atoms with E-state index in [9.17, 15) is 4.79 Å². The molecule has 1 aromatic rings. The number of hydrogen-bond acceptors (Lipinski definition) is 2. The number of carbonyl (C=O) groups excluding carboxylic acids is 1. The molecule has 0 saturated heterocycles. The zero-order valence-corrected chi connectivity index (χ0v) is 8.64. The van der Waals surface area contributed by atoms with Gasteiger partial charge in [0.25, 0.3) is 0 Å². The van der Waals surface area contributed by atoms with Crippen molar-refractivity contribution in [1.29, 1.82) is 0 Å². The lowest BCUT2D eigenvalue weighted by Gasteiger charge is -2.17. The summed E-state index contributed by atoms with van der Waals surface area (Å²) in [5.41, 5.74) is 1.20. The first-order chi connectivity index (χ1) is 6.77. The maximum Gasteiger partial charge on any atom is 0.125 e. The molecular weight excluding hydrogens is 176 g/mol. The lowest BCUT2D eigenvalue weighted by molar-refractivity contribution is -0.114. The molecule has 0 aliphatic rings. The second-order valence-corrected chi connectivity index (χ2v) is 3.46. The van der Waals surface area contributed by atoms with Gasteiger partial charge in [0.2, 0.25) is 0 Å². The number of ether oxygens (including phenoxy) is 1. The van der Waals surface area contributed by atoms with Crippen LogP contribution in [0.3, 0.4) is 0 Å². The highest BCUT2D eigenvalue weighted by molar-refractivity contribution is 5.53. The van der Waals surface area contributed by atoms with E-state index in [1.165, 1.54) is 5.56 Å². The summed E-state index contributed by atoms with van der Waals surface area (Å²) < 4.78 is 5.28. The Hall–Kier alpha value is -1.15. The fourth-order valence-electron chi connectivity index (χ4n) is 1.42. The second kappa shape index (κ2) is 5.55. The summed E-state index contributed by atoms with van der Waals surface area (Å²) in [6.45, 7) is 1.88. The lowest BCUT2D eigenvalue weighted by atomic mass is 9.99. The minimum Gasteiger partial charge on any atom is -0.380 e. The van der Waals surface area contributed by atoms with E-state index >= 15 is 0 Å². The number of aldehydes is 1. The summed E-state index contributed by atoms with van der Waals surface area (Å²) in [7, 11) is 1.65. The second-order valence-electron chi connectivity index (χ2n) is 3.46. The fourth-order valence-corrected chi connectivity index (χ4v) is 1.42. The van der Waals surface area contributed by atoms with Crippen molar-refractivity contribution in [2.45, 2.75) is 19.4 Å². The van der Waals surface area contributed by atoms with Gasteiger partial charge in [0.05, 0.1) is 6.10 Å². The van der Waals surface area contributed by atoms with E-state index < -0.39 is 0 Å². The molecule has 0 radical (unpaired) electrons. The molecule has 1 aromatic carbocycles. The van der Waals surface area contributed by atoms with Crippen LogP contribution in [0, 0.1) is 5.92 Å². The predicted octanol–water partition coefficient (Wildman–Crippen LogP) is 2.08. The van der Waals surface area contributed by atoms with Gasteiger partial charge in [-0.15, -0.1) is 0 Å². The molecule has 0 fully saturated rings. The average molecular weight is 192 g/mol.